The minimum atomic E-state index is -5.98. The van der Waals surface area contributed by atoms with Gasteiger partial charge < -0.3 is 10.6 Å². The summed E-state index contributed by atoms with van der Waals surface area (Å²) >= 11 is 0. The molecule has 0 aromatic heterocycles. The molecule has 0 aromatic carbocycles. The second kappa shape index (κ2) is 6.25. The number of hydrogen-bond acceptors (Lipinski definition) is 3. The van der Waals surface area contributed by atoms with Gasteiger partial charge in [0.05, 0.1) is 12.1 Å². The van der Waals surface area contributed by atoms with Gasteiger partial charge in [-0.25, -0.2) is 0 Å². The van der Waals surface area contributed by atoms with Crippen LogP contribution in [-0.4, -0.2) is 42.4 Å². The van der Waals surface area contributed by atoms with E-state index in [9.17, 15) is 31.5 Å². The Morgan fingerprint density at radius 2 is 1.76 bits per heavy atom. The van der Waals surface area contributed by atoms with E-state index < -0.39 is 41.8 Å². The number of hydrogen-bond donors (Lipinski definition) is 2. The van der Waals surface area contributed by atoms with Crippen LogP contribution in [0.4, 0.5) is 22.0 Å². The van der Waals surface area contributed by atoms with Crippen LogP contribution in [0, 0.1) is 5.92 Å². The third-order valence-electron chi connectivity index (χ3n) is 3.29. The average Bonchev–Trinajstić information content (AvgIpc) is 2.86. The molecule has 2 N–H and O–H groups in total. The van der Waals surface area contributed by atoms with Gasteiger partial charge >= 0.3 is 12.1 Å². The molecule has 1 unspecified atom stereocenters. The molecule has 2 atom stereocenters. The number of Topliss-reactive ketones (excluding diaryl/α,β-unsaturated/α-hetero) is 1. The largest absolute Gasteiger partial charge is 0.461 e. The normalized spacial score (nSPS) is 21.4. The van der Waals surface area contributed by atoms with Gasteiger partial charge in [-0.05, 0) is 25.3 Å². The zero-order valence-electron chi connectivity index (χ0n) is 11.6. The standard InChI is InChI=1S/C12H17F5N2O2/c1-6(2)8(9(20)11(13,14)12(15,16)17)19-10(21)7-4-3-5-18-7/h6-8,18H,3-5H2,1-2H3,(H,19,21)/t7-,8?/m0/s1. The van der Waals surface area contributed by atoms with Gasteiger partial charge in [0.25, 0.3) is 0 Å². The number of rotatable bonds is 5. The molecule has 0 aliphatic carbocycles. The molecule has 1 rings (SSSR count). The van der Waals surface area contributed by atoms with Crippen LogP contribution < -0.4 is 10.6 Å². The maximum atomic E-state index is 13.1. The summed E-state index contributed by atoms with van der Waals surface area (Å²) in [7, 11) is 0. The van der Waals surface area contributed by atoms with E-state index in [-0.39, 0.29) is 0 Å². The highest BCUT2D eigenvalue weighted by Crippen LogP contribution is 2.37. The number of nitrogens with one attached hydrogen (secondary N) is 2. The van der Waals surface area contributed by atoms with Crippen LogP contribution in [0.25, 0.3) is 0 Å². The Labute approximate surface area is 118 Å². The summed E-state index contributed by atoms with van der Waals surface area (Å²) in [6.45, 7) is 3.13. The lowest BCUT2D eigenvalue weighted by molar-refractivity contribution is -0.269. The Morgan fingerprint density at radius 1 is 1.19 bits per heavy atom. The van der Waals surface area contributed by atoms with Gasteiger partial charge in [0.1, 0.15) is 0 Å². The van der Waals surface area contributed by atoms with Gasteiger partial charge in [-0.3, -0.25) is 9.59 Å². The fourth-order valence-corrected chi connectivity index (χ4v) is 2.03. The summed E-state index contributed by atoms with van der Waals surface area (Å²) in [5.74, 6) is -9.46. The van der Waals surface area contributed by atoms with E-state index in [1.54, 1.807) is 0 Å². The zero-order valence-corrected chi connectivity index (χ0v) is 11.6. The van der Waals surface area contributed by atoms with E-state index in [1.165, 1.54) is 13.8 Å². The SMILES string of the molecule is CC(C)C(NC(=O)[C@@H]1CCCN1)C(=O)C(F)(F)C(F)(F)F. The quantitative estimate of drug-likeness (QED) is 0.758. The van der Waals surface area contributed by atoms with E-state index >= 15 is 0 Å². The molecule has 1 aliphatic rings. The molecule has 1 aliphatic heterocycles. The van der Waals surface area contributed by atoms with Gasteiger partial charge in [0.2, 0.25) is 11.7 Å². The Balaban J connectivity index is 2.86. The predicted molar refractivity (Wildman–Crippen MR) is 63.8 cm³/mol. The number of carbonyl (C=O) groups excluding carboxylic acids is 2. The predicted octanol–water partition coefficient (Wildman–Crippen LogP) is 1.65. The van der Waals surface area contributed by atoms with Crippen molar-refractivity contribution in [2.45, 2.75) is 50.9 Å². The van der Waals surface area contributed by atoms with Crippen molar-refractivity contribution in [3.63, 3.8) is 0 Å². The summed E-state index contributed by atoms with van der Waals surface area (Å²) in [5.41, 5.74) is 0. The van der Waals surface area contributed by atoms with Crippen LogP contribution in [0.1, 0.15) is 26.7 Å². The zero-order chi connectivity index (χ0) is 16.4. The van der Waals surface area contributed by atoms with Crippen LogP contribution in [0.15, 0.2) is 0 Å². The lowest BCUT2D eigenvalue weighted by atomic mass is 9.95. The Hall–Kier alpha value is -1.25. The van der Waals surface area contributed by atoms with Gasteiger partial charge in [-0.2, -0.15) is 22.0 Å². The molecule has 0 saturated carbocycles. The molecular formula is C12H17F5N2O2. The first-order valence-corrected chi connectivity index (χ1v) is 6.51. The van der Waals surface area contributed by atoms with Crippen LogP contribution in [0.2, 0.25) is 0 Å². The van der Waals surface area contributed by atoms with Gasteiger partial charge in [0.15, 0.2) is 0 Å². The molecular weight excluding hydrogens is 299 g/mol. The fourth-order valence-electron chi connectivity index (χ4n) is 2.03. The molecule has 122 valence electrons. The first-order valence-electron chi connectivity index (χ1n) is 6.51. The molecule has 0 aromatic rings. The van der Waals surface area contributed by atoms with E-state index in [0.29, 0.717) is 19.4 Å². The van der Waals surface area contributed by atoms with E-state index in [4.69, 9.17) is 0 Å². The van der Waals surface area contributed by atoms with Crippen molar-refractivity contribution in [1.29, 1.82) is 0 Å². The summed E-state index contributed by atoms with van der Waals surface area (Å²) in [5, 5.41) is 4.78. The molecule has 0 spiro atoms. The van der Waals surface area contributed by atoms with Crippen molar-refractivity contribution >= 4 is 11.7 Å². The second-order valence-electron chi connectivity index (χ2n) is 5.32. The van der Waals surface area contributed by atoms with E-state index in [1.807, 2.05) is 5.32 Å². The van der Waals surface area contributed by atoms with Crippen molar-refractivity contribution in [3.05, 3.63) is 0 Å². The van der Waals surface area contributed by atoms with E-state index in [0.717, 1.165) is 0 Å². The number of ketones is 1. The Kier molecular flexibility index (Phi) is 5.30. The summed E-state index contributed by atoms with van der Waals surface area (Å²) in [6, 6.07) is -2.56. The van der Waals surface area contributed by atoms with Crippen molar-refractivity contribution in [2.75, 3.05) is 6.54 Å². The van der Waals surface area contributed by atoms with Crippen LogP contribution in [0.3, 0.4) is 0 Å². The first kappa shape index (κ1) is 17.8. The summed E-state index contributed by atoms with van der Waals surface area (Å²) in [6.07, 6.45) is -4.84. The molecule has 9 heteroatoms. The van der Waals surface area contributed by atoms with Crippen molar-refractivity contribution < 1.29 is 31.5 Å². The Morgan fingerprint density at radius 3 is 2.14 bits per heavy atom. The third kappa shape index (κ3) is 3.90. The molecule has 0 radical (unpaired) electrons. The maximum Gasteiger partial charge on any atom is 0.461 e. The number of halogens is 5. The van der Waals surface area contributed by atoms with Crippen LogP contribution >= 0.6 is 0 Å². The van der Waals surface area contributed by atoms with Crippen LogP contribution in [0.5, 0.6) is 0 Å². The molecule has 1 saturated heterocycles. The number of alkyl halides is 5. The minimum Gasteiger partial charge on any atom is -0.344 e. The van der Waals surface area contributed by atoms with Crippen LogP contribution in [-0.2, 0) is 9.59 Å². The highest BCUT2D eigenvalue weighted by Gasteiger charge is 2.64. The minimum absolute atomic E-state index is 0.445. The van der Waals surface area contributed by atoms with Gasteiger partial charge in [0, 0.05) is 0 Å². The second-order valence-corrected chi connectivity index (χ2v) is 5.32. The highest BCUT2D eigenvalue weighted by atomic mass is 19.4. The number of carbonyl (C=O) groups is 2. The average molecular weight is 316 g/mol. The van der Waals surface area contributed by atoms with Crippen molar-refractivity contribution in [1.82, 2.24) is 10.6 Å². The number of amides is 1. The van der Waals surface area contributed by atoms with E-state index in [2.05, 4.69) is 5.32 Å². The van der Waals surface area contributed by atoms with Gasteiger partial charge in [-0.1, -0.05) is 13.8 Å². The highest BCUT2D eigenvalue weighted by molar-refractivity contribution is 5.95. The lowest BCUT2D eigenvalue weighted by Gasteiger charge is -2.27. The molecule has 1 heterocycles. The molecule has 1 fully saturated rings. The molecule has 21 heavy (non-hydrogen) atoms. The fraction of sp³-hybridized carbons (Fsp3) is 0.833. The lowest BCUT2D eigenvalue weighted by Crippen LogP contribution is -2.58. The van der Waals surface area contributed by atoms with Crippen molar-refractivity contribution in [3.8, 4) is 0 Å². The molecule has 4 nitrogen and oxygen atoms in total. The Bertz CT molecular complexity index is 403. The third-order valence-corrected chi connectivity index (χ3v) is 3.29. The van der Waals surface area contributed by atoms with Gasteiger partial charge in [-0.15, -0.1) is 0 Å². The molecule has 0 bridgehead atoms. The summed E-state index contributed by atoms with van der Waals surface area (Å²) < 4.78 is 63.0. The topological polar surface area (TPSA) is 58.2 Å². The monoisotopic (exact) mass is 316 g/mol. The maximum absolute atomic E-state index is 13.1. The molecule has 1 amide bonds. The van der Waals surface area contributed by atoms with Crippen molar-refractivity contribution in [2.24, 2.45) is 5.92 Å². The summed E-state index contributed by atoms with van der Waals surface area (Å²) in [4.78, 5) is 23.3. The smallest absolute Gasteiger partial charge is 0.344 e. The first-order chi connectivity index (χ1) is 9.48.